The smallest absolute Gasteiger partial charge is 0.254 e. The Hall–Kier alpha value is -3.13. The normalized spacial score (nSPS) is 23.2. The van der Waals surface area contributed by atoms with Crippen LogP contribution in [-0.2, 0) is 4.79 Å². The minimum Gasteiger partial charge on any atom is -0.324 e. The van der Waals surface area contributed by atoms with Gasteiger partial charge in [-0.3, -0.25) is 9.59 Å². The Balaban J connectivity index is 1.60. The molecule has 0 unspecified atom stereocenters. The Morgan fingerprint density at radius 3 is 2.62 bits per heavy atom. The molecule has 2 fully saturated rings. The lowest BCUT2D eigenvalue weighted by Gasteiger charge is -2.33. The maximum absolute atomic E-state index is 13.3. The van der Waals surface area contributed by atoms with Gasteiger partial charge in [0.05, 0.1) is 0 Å². The van der Waals surface area contributed by atoms with E-state index in [0.717, 1.165) is 25.7 Å². The Labute approximate surface area is 170 Å². The molecular formula is C24H23FN2O2. The van der Waals surface area contributed by atoms with Crippen LogP contribution in [0.1, 0.15) is 48.0 Å². The zero-order valence-electron chi connectivity index (χ0n) is 16.1. The van der Waals surface area contributed by atoms with Crippen LogP contribution in [0.25, 0.3) is 0 Å². The summed E-state index contributed by atoms with van der Waals surface area (Å²) in [5.41, 5.74) is 1.71. The van der Waals surface area contributed by atoms with Gasteiger partial charge in [0.25, 0.3) is 5.91 Å². The molecule has 1 saturated heterocycles. The number of rotatable bonds is 3. The van der Waals surface area contributed by atoms with Crippen LogP contribution < -0.4 is 5.32 Å². The van der Waals surface area contributed by atoms with E-state index < -0.39 is 6.04 Å². The second-order valence-electron chi connectivity index (χ2n) is 7.80. The molecule has 5 heteroatoms. The number of carbonyl (C=O) groups is 2. The molecule has 4 nitrogen and oxygen atoms in total. The maximum Gasteiger partial charge on any atom is 0.254 e. The van der Waals surface area contributed by atoms with Crippen LogP contribution in [0.4, 0.5) is 10.1 Å². The number of terminal acetylenes is 1. The number of fused-ring (bicyclic) bond motifs is 1. The van der Waals surface area contributed by atoms with Crippen LogP contribution in [0.3, 0.4) is 0 Å². The SMILES string of the molecule is C#Cc1cccc(NC(=O)[C@@H]2C[C@H]3CCCC[C@@H]3N2C(=O)c2ccc(F)cc2)c1. The van der Waals surface area contributed by atoms with E-state index in [2.05, 4.69) is 11.2 Å². The van der Waals surface area contributed by atoms with Gasteiger partial charge in [-0.25, -0.2) is 4.39 Å². The molecule has 0 radical (unpaired) electrons. The molecular weight excluding hydrogens is 367 g/mol. The predicted octanol–water partition coefficient (Wildman–Crippen LogP) is 4.22. The number of anilines is 1. The van der Waals surface area contributed by atoms with Crippen molar-refractivity contribution in [3.8, 4) is 12.3 Å². The molecule has 0 bridgehead atoms. The molecule has 2 aliphatic rings. The lowest BCUT2D eigenvalue weighted by atomic mass is 9.84. The lowest BCUT2D eigenvalue weighted by molar-refractivity contribution is -0.120. The van der Waals surface area contributed by atoms with Gasteiger partial charge < -0.3 is 10.2 Å². The standard InChI is InChI=1S/C24H23FN2O2/c1-2-16-6-5-8-20(14-16)26-23(28)22-15-18-7-3-4-9-21(18)27(22)24(29)17-10-12-19(25)13-11-17/h1,5-6,8,10-14,18,21-22H,3-4,7,9,15H2,(H,26,28)/t18-,21+,22+/m1/s1. The minimum absolute atomic E-state index is 0.0501. The second-order valence-corrected chi connectivity index (χ2v) is 7.80. The molecule has 148 valence electrons. The summed E-state index contributed by atoms with van der Waals surface area (Å²) in [5, 5.41) is 2.93. The van der Waals surface area contributed by atoms with E-state index in [1.165, 1.54) is 24.3 Å². The number of benzene rings is 2. The van der Waals surface area contributed by atoms with Crippen LogP contribution in [0.15, 0.2) is 48.5 Å². The van der Waals surface area contributed by atoms with Gasteiger partial charge in [0.2, 0.25) is 5.91 Å². The van der Waals surface area contributed by atoms with Crippen molar-refractivity contribution >= 4 is 17.5 Å². The molecule has 29 heavy (non-hydrogen) atoms. The van der Waals surface area contributed by atoms with E-state index in [1.54, 1.807) is 29.2 Å². The molecule has 1 heterocycles. The number of likely N-dealkylation sites (tertiary alicyclic amines) is 1. The molecule has 1 aliphatic heterocycles. The summed E-state index contributed by atoms with van der Waals surface area (Å²) in [7, 11) is 0. The quantitative estimate of drug-likeness (QED) is 0.798. The molecule has 2 amide bonds. The average Bonchev–Trinajstić information content (AvgIpc) is 3.13. The van der Waals surface area contributed by atoms with Gasteiger partial charge in [-0.1, -0.05) is 24.8 Å². The molecule has 1 N–H and O–H groups in total. The fraction of sp³-hybridized carbons (Fsp3) is 0.333. The van der Waals surface area contributed by atoms with Gasteiger partial charge >= 0.3 is 0 Å². The second kappa shape index (κ2) is 8.08. The van der Waals surface area contributed by atoms with E-state index in [-0.39, 0.29) is 23.7 Å². The van der Waals surface area contributed by atoms with Gasteiger partial charge in [0.1, 0.15) is 11.9 Å². The molecule has 4 rings (SSSR count). The minimum atomic E-state index is -0.546. The fourth-order valence-electron chi connectivity index (χ4n) is 4.64. The molecule has 1 aliphatic carbocycles. The van der Waals surface area contributed by atoms with E-state index in [4.69, 9.17) is 6.42 Å². The number of hydrogen-bond donors (Lipinski definition) is 1. The summed E-state index contributed by atoms with van der Waals surface area (Å²) >= 11 is 0. The van der Waals surface area contributed by atoms with E-state index in [9.17, 15) is 14.0 Å². The first-order chi connectivity index (χ1) is 14.1. The maximum atomic E-state index is 13.3. The predicted molar refractivity (Wildman–Crippen MR) is 110 cm³/mol. The van der Waals surface area contributed by atoms with Crippen molar-refractivity contribution in [2.75, 3.05) is 5.32 Å². The first-order valence-electron chi connectivity index (χ1n) is 10.0. The summed E-state index contributed by atoms with van der Waals surface area (Å²) in [6, 6.07) is 12.1. The zero-order valence-corrected chi connectivity index (χ0v) is 16.1. The van der Waals surface area contributed by atoms with Crippen LogP contribution in [-0.4, -0.2) is 28.8 Å². The first kappa shape index (κ1) is 19.2. The number of nitrogens with one attached hydrogen (secondary N) is 1. The van der Waals surface area contributed by atoms with Crippen molar-refractivity contribution in [2.24, 2.45) is 5.92 Å². The van der Waals surface area contributed by atoms with Gasteiger partial charge in [0.15, 0.2) is 0 Å². The third-order valence-electron chi connectivity index (χ3n) is 6.01. The molecule has 1 saturated carbocycles. The van der Waals surface area contributed by atoms with Crippen molar-refractivity contribution in [1.29, 1.82) is 0 Å². The third kappa shape index (κ3) is 3.88. The van der Waals surface area contributed by atoms with E-state index in [0.29, 0.717) is 29.2 Å². The Morgan fingerprint density at radius 2 is 1.86 bits per heavy atom. The van der Waals surface area contributed by atoms with Crippen molar-refractivity contribution < 1.29 is 14.0 Å². The summed E-state index contributed by atoms with van der Waals surface area (Å²) in [4.78, 5) is 28.2. The number of nitrogens with zero attached hydrogens (tertiary/aromatic N) is 1. The van der Waals surface area contributed by atoms with Gasteiger partial charge in [0, 0.05) is 22.9 Å². The van der Waals surface area contributed by atoms with Crippen molar-refractivity contribution in [3.05, 3.63) is 65.5 Å². The lowest BCUT2D eigenvalue weighted by Crippen LogP contribution is -2.47. The summed E-state index contributed by atoms with van der Waals surface area (Å²) in [6.45, 7) is 0. The van der Waals surface area contributed by atoms with Crippen molar-refractivity contribution in [3.63, 3.8) is 0 Å². The third-order valence-corrected chi connectivity index (χ3v) is 6.01. The van der Waals surface area contributed by atoms with Crippen LogP contribution in [0, 0.1) is 24.1 Å². The molecule has 3 atom stereocenters. The molecule has 0 aromatic heterocycles. The van der Waals surface area contributed by atoms with E-state index in [1.807, 2.05) is 0 Å². The van der Waals surface area contributed by atoms with Crippen LogP contribution in [0.2, 0.25) is 0 Å². The number of hydrogen-bond acceptors (Lipinski definition) is 2. The molecule has 2 aromatic carbocycles. The Kier molecular flexibility index (Phi) is 5.35. The van der Waals surface area contributed by atoms with Gasteiger partial charge in [-0.15, -0.1) is 6.42 Å². The van der Waals surface area contributed by atoms with Crippen molar-refractivity contribution in [1.82, 2.24) is 4.90 Å². The largest absolute Gasteiger partial charge is 0.324 e. The highest BCUT2D eigenvalue weighted by molar-refractivity contribution is 6.02. The summed E-state index contributed by atoms with van der Waals surface area (Å²) in [6.07, 6.45) is 10.2. The molecule has 2 aromatic rings. The van der Waals surface area contributed by atoms with Crippen molar-refractivity contribution in [2.45, 2.75) is 44.2 Å². The topological polar surface area (TPSA) is 49.4 Å². The van der Waals surface area contributed by atoms with Crippen LogP contribution in [0.5, 0.6) is 0 Å². The Morgan fingerprint density at radius 1 is 1.10 bits per heavy atom. The van der Waals surface area contributed by atoms with E-state index >= 15 is 0 Å². The number of halogens is 1. The highest BCUT2D eigenvalue weighted by atomic mass is 19.1. The Bertz CT molecular complexity index is 964. The first-order valence-corrected chi connectivity index (χ1v) is 10.0. The van der Waals surface area contributed by atoms with Gasteiger partial charge in [-0.2, -0.15) is 0 Å². The zero-order chi connectivity index (χ0) is 20.4. The monoisotopic (exact) mass is 390 g/mol. The van der Waals surface area contributed by atoms with Gasteiger partial charge in [-0.05, 0) is 67.6 Å². The van der Waals surface area contributed by atoms with Crippen LogP contribution >= 0.6 is 0 Å². The highest BCUT2D eigenvalue weighted by Crippen LogP contribution is 2.40. The number of carbonyl (C=O) groups excluding carboxylic acids is 2. The highest BCUT2D eigenvalue weighted by Gasteiger charge is 2.47. The molecule has 0 spiro atoms. The fourth-order valence-corrected chi connectivity index (χ4v) is 4.64. The summed E-state index contributed by atoms with van der Waals surface area (Å²) < 4.78 is 13.3. The average molecular weight is 390 g/mol. The summed E-state index contributed by atoms with van der Waals surface area (Å²) in [5.74, 6) is 2.07. The number of amides is 2.